The number of amides is 1. The van der Waals surface area contributed by atoms with Crippen LogP contribution in [0.25, 0.3) is 0 Å². The minimum absolute atomic E-state index is 0.207. The van der Waals surface area contributed by atoms with Crippen LogP contribution in [0.2, 0.25) is 0 Å². The van der Waals surface area contributed by atoms with Gasteiger partial charge in [-0.05, 0) is 24.5 Å². The zero-order valence-electron chi connectivity index (χ0n) is 16.3. The molecule has 1 aliphatic heterocycles. The second-order valence-electron chi connectivity index (χ2n) is 7.49. The predicted octanol–water partition coefficient (Wildman–Crippen LogP) is 5.06. The van der Waals surface area contributed by atoms with Crippen LogP contribution < -0.4 is 10.6 Å². The topological polar surface area (TPSA) is 62.7 Å². The molecule has 4 rings (SSSR count). The molecule has 0 bridgehead atoms. The highest BCUT2D eigenvalue weighted by molar-refractivity contribution is 7.80. The lowest BCUT2D eigenvalue weighted by molar-refractivity contribution is 0.138. The van der Waals surface area contributed by atoms with Gasteiger partial charge < -0.3 is 10.1 Å². The fourth-order valence-corrected chi connectivity index (χ4v) is 4.18. The molecule has 1 heterocycles. The van der Waals surface area contributed by atoms with Crippen molar-refractivity contribution in [1.82, 2.24) is 5.32 Å². The Bertz CT molecular complexity index is 907. The Labute approximate surface area is 176 Å². The molecule has 2 N–H and O–H groups in total. The molecule has 0 aromatic heterocycles. The molecule has 2 aromatic carbocycles. The highest BCUT2D eigenvalue weighted by atomic mass is 32.1. The minimum Gasteiger partial charge on any atom is -0.445 e. The van der Waals surface area contributed by atoms with Crippen molar-refractivity contribution in [3.63, 3.8) is 0 Å². The van der Waals surface area contributed by atoms with Gasteiger partial charge in [-0.25, -0.2) is 4.79 Å². The largest absolute Gasteiger partial charge is 0.445 e. The van der Waals surface area contributed by atoms with Crippen LogP contribution in [-0.2, 0) is 11.3 Å². The van der Waals surface area contributed by atoms with Crippen molar-refractivity contribution in [3.05, 3.63) is 65.7 Å². The van der Waals surface area contributed by atoms with Crippen LogP contribution in [0, 0.1) is 5.92 Å². The lowest BCUT2D eigenvalue weighted by Gasteiger charge is -2.24. The van der Waals surface area contributed by atoms with Gasteiger partial charge in [0.05, 0.1) is 5.71 Å². The Hall–Kier alpha value is -2.73. The molecule has 1 aliphatic carbocycles. The molecule has 2 aliphatic rings. The Balaban J connectivity index is 1.52. The third-order valence-electron chi connectivity index (χ3n) is 5.44. The van der Waals surface area contributed by atoms with Gasteiger partial charge in [0.2, 0.25) is 0 Å². The third-order valence-corrected chi connectivity index (χ3v) is 5.76. The number of thiocarbonyl (C=S) groups is 1. The number of ether oxygens (including phenoxy) is 1. The lowest BCUT2D eigenvalue weighted by atomic mass is 9.83. The first-order valence-corrected chi connectivity index (χ1v) is 10.6. The number of nitrogens with one attached hydrogen (secondary N) is 2. The van der Waals surface area contributed by atoms with Crippen LogP contribution in [0.4, 0.5) is 10.5 Å². The molecule has 5 nitrogen and oxygen atoms in total. The summed E-state index contributed by atoms with van der Waals surface area (Å²) in [7, 11) is 0. The molecule has 1 saturated carbocycles. The number of benzene rings is 2. The molecule has 0 saturated heterocycles. The van der Waals surface area contributed by atoms with Gasteiger partial charge in [0, 0.05) is 17.2 Å². The first-order valence-electron chi connectivity index (χ1n) is 10.2. The molecule has 150 valence electrons. The summed E-state index contributed by atoms with van der Waals surface area (Å²) in [6.07, 6.45) is 4.76. The number of benzodiazepines with no additional fused rings is 1. The first kappa shape index (κ1) is 19.6. The number of aliphatic imine (C=N–C) groups is 1. The van der Waals surface area contributed by atoms with Crippen LogP contribution in [0.3, 0.4) is 0 Å². The van der Waals surface area contributed by atoms with Crippen LogP contribution in [0.1, 0.15) is 43.2 Å². The number of anilines is 1. The number of rotatable bonds is 4. The average Bonchev–Trinajstić information content (AvgIpc) is 2.90. The molecule has 29 heavy (non-hydrogen) atoms. The smallest absolute Gasteiger partial charge is 0.409 e. The number of hydrogen-bond donors (Lipinski definition) is 2. The van der Waals surface area contributed by atoms with E-state index < -0.39 is 12.3 Å². The van der Waals surface area contributed by atoms with Crippen LogP contribution >= 0.6 is 12.2 Å². The lowest BCUT2D eigenvalue weighted by Crippen LogP contribution is -2.41. The van der Waals surface area contributed by atoms with E-state index in [4.69, 9.17) is 21.9 Å². The van der Waals surface area contributed by atoms with Gasteiger partial charge >= 0.3 is 6.09 Å². The highest BCUT2D eigenvalue weighted by Gasteiger charge is 2.29. The van der Waals surface area contributed by atoms with Gasteiger partial charge in [0.15, 0.2) is 6.17 Å². The number of hydrogen-bond acceptors (Lipinski definition) is 4. The van der Waals surface area contributed by atoms with Crippen molar-refractivity contribution in [2.45, 2.75) is 44.9 Å². The summed E-state index contributed by atoms with van der Waals surface area (Å²) in [5.41, 5.74) is 3.98. The molecule has 1 fully saturated rings. The predicted molar refractivity (Wildman–Crippen MR) is 119 cm³/mol. The molecule has 2 aromatic rings. The standard InChI is InChI=1S/C23H25N3O2S/c27-23(28-15-16-9-3-1-4-10-16)26-21-22(29)24-19-14-8-7-13-18(19)20(25-21)17-11-5-2-6-12-17/h1,3-4,7-10,13-14,17,21H,2,5-6,11-12,15H2,(H,24,29)(H,26,27)/t21-/m0/s1. The molecule has 0 spiro atoms. The van der Waals surface area contributed by atoms with E-state index in [1.807, 2.05) is 48.5 Å². The summed E-state index contributed by atoms with van der Waals surface area (Å²) < 4.78 is 5.37. The first-order chi connectivity index (χ1) is 14.2. The van der Waals surface area contributed by atoms with Gasteiger partial charge in [0.25, 0.3) is 0 Å². The summed E-state index contributed by atoms with van der Waals surface area (Å²) >= 11 is 5.55. The molecule has 1 amide bonds. The SMILES string of the molecule is O=C(N[C@@H]1N=C(C2CCCCC2)c2ccccc2NC1=S)OCc1ccccc1. The maximum atomic E-state index is 12.4. The van der Waals surface area contributed by atoms with Crippen LogP contribution in [-0.4, -0.2) is 23.0 Å². The van der Waals surface area contributed by atoms with Crippen LogP contribution in [0.5, 0.6) is 0 Å². The van der Waals surface area contributed by atoms with Gasteiger partial charge in [-0.1, -0.05) is 80.0 Å². The Morgan fingerprint density at radius 1 is 1.07 bits per heavy atom. The Morgan fingerprint density at radius 3 is 2.59 bits per heavy atom. The second-order valence-corrected chi connectivity index (χ2v) is 7.93. The summed E-state index contributed by atoms with van der Waals surface area (Å²) in [6, 6.07) is 17.7. The molecule has 6 heteroatoms. The van der Waals surface area contributed by atoms with Crippen molar-refractivity contribution in [3.8, 4) is 0 Å². The van der Waals surface area contributed by atoms with E-state index in [1.165, 1.54) is 19.3 Å². The van der Waals surface area contributed by atoms with Gasteiger partial charge in [-0.15, -0.1) is 0 Å². The fourth-order valence-electron chi connectivity index (χ4n) is 3.96. The zero-order chi connectivity index (χ0) is 20.1. The van der Waals surface area contributed by atoms with Crippen molar-refractivity contribution in [2.75, 3.05) is 5.32 Å². The average molecular weight is 408 g/mol. The number of fused-ring (bicyclic) bond motifs is 1. The van der Waals surface area contributed by atoms with E-state index in [1.54, 1.807) is 0 Å². The van der Waals surface area contributed by atoms with E-state index in [9.17, 15) is 4.79 Å². The normalized spacial score (nSPS) is 19.4. The van der Waals surface area contributed by atoms with E-state index in [0.717, 1.165) is 35.4 Å². The van der Waals surface area contributed by atoms with Gasteiger partial charge in [-0.2, -0.15) is 0 Å². The Kier molecular flexibility index (Phi) is 6.20. The van der Waals surface area contributed by atoms with Gasteiger partial charge in [-0.3, -0.25) is 10.3 Å². The van der Waals surface area contributed by atoms with Crippen LogP contribution in [0.15, 0.2) is 59.6 Å². The maximum absolute atomic E-state index is 12.4. The fraction of sp³-hybridized carbons (Fsp3) is 0.348. The number of para-hydroxylation sites is 1. The number of nitrogens with zero attached hydrogens (tertiary/aromatic N) is 1. The van der Waals surface area contributed by atoms with Gasteiger partial charge in [0.1, 0.15) is 11.6 Å². The highest BCUT2D eigenvalue weighted by Crippen LogP contribution is 2.32. The van der Waals surface area contributed by atoms with E-state index in [-0.39, 0.29) is 6.61 Å². The molecule has 0 unspecified atom stereocenters. The van der Waals surface area contributed by atoms with E-state index in [2.05, 4.69) is 16.7 Å². The number of alkyl carbamates (subject to hydrolysis) is 1. The Morgan fingerprint density at radius 2 is 1.79 bits per heavy atom. The summed E-state index contributed by atoms with van der Waals surface area (Å²) in [5.74, 6) is 0.386. The number of carbonyl (C=O) groups excluding carboxylic acids is 1. The molecule has 1 atom stereocenters. The molecular weight excluding hydrogens is 382 g/mol. The van der Waals surface area contributed by atoms with Crippen molar-refractivity contribution in [1.29, 1.82) is 0 Å². The van der Waals surface area contributed by atoms with E-state index in [0.29, 0.717) is 10.9 Å². The summed E-state index contributed by atoms with van der Waals surface area (Å²) in [6.45, 7) is 0.207. The maximum Gasteiger partial charge on any atom is 0.409 e. The zero-order valence-corrected chi connectivity index (χ0v) is 17.1. The third kappa shape index (κ3) is 4.82. The van der Waals surface area contributed by atoms with Crippen molar-refractivity contribution >= 4 is 34.7 Å². The van der Waals surface area contributed by atoms with Crippen molar-refractivity contribution in [2.24, 2.45) is 10.9 Å². The quantitative estimate of drug-likeness (QED) is 0.695. The molecular formula is C23H25N3O2S. The summed E-state index contributed by atoms with van der Waals surface area (Å²) in [4.78, 5) is 17.8. The second kappa shape index (κ2) is 9.18. The molecule has 0 radical (unpaired) electrons. The summed E-state index contributed by atoms with van der Waals surface area (Å²) in [5, 5.41) is 6.10. The minimum atomic E-state index is -0.641. The van der Waals surface area contributed by atoms with Crippen molar-refractivity contribution < 1.29 is 9.53 Å². The monoisotopic (exact) mass is 407 g/mol. The number of carbonyl (C=O) groups is 1. The van der Waals surface area contributed by atoms with E-state index >= 15 is 0 Å².